The van der Waals surface area contributed by atoms with Crippen molar-refractivity contribution in [3.63, 3.8) is 0 Å². The highest BCUT2D eigenvalue weighted by Crippen LogP contribution is 2.24. The van der Waals surface area contributed by atoms with E-state index in [0.717, 1.165) is 0 Å². The topological polar surface area (TPSA) is 19.9 Å². The van der Waals surface area contributed by atoms with Gasteiger partial charge in [0, 0.05) is 0 Å². The van der Waals surface area contributed by atoms with E-state index in [4.69, 9.17) is 0 Å². The first-order valence-electron chi connectivity index (χ1n) is 1.20. The van der Waals surface area contributed by atoms with Crippen LogP contribution in [0.25, 0.3) is 0 Å². The largest absolute Gasteiger partial charge is 0.221 e. The third-order valence-electron chi connectivity index (χ3n) is 0.156. The van der Waals surface area contributed by atoms with Gasteiger partial charge in [0.25, 0.3) is 0 Å². The van der Waals surface area contributed by atoms with Crippen LogP contribution in [0.2, 0.25) is 0 Å². The van der Waals surface area contributed by atoms with Crippen LogP contribution >= 0.6 is 47.8 Å². The fraction of sp³-hybridized carbons (Fsp3) is 1.00. The molecule has 0 fully saturated rings. The van der Waals surface area contributed by atoms with Crippen LogP contribution < -0.4 is 0 Å². The van der Waals surface area contributed by atoms with Crippen molar-refractivity contribution in [1.82, 2.24) is 0 Å². The summed E-state index contributed by atoms with van der Waals surface area (Å²) in [6, 6.07) is 0. The predicted molar refractivity (Wildman–Crippen MR) is 35.1 cm³/mol. The average Bonchev–Trinajstić information content (AvgIpc) is 1.35. The van der Waals surface area contributed by atoms with Gasteiger partial charge < -0.3 is 0 Å². The molecule has 0 aliphatic carbocycles. The summed E-state index contributed by atoms with van der Waals surface area (Å²) in [7, 11) is 0. The zero-order valence-electron chi connectivity index (χ0n) is 2.75. The lowest BCUT2D eigenvalue weighted by Crippen LogP contribution is -2.06. The molecule has 0 aromatic rings. The molecule has 0 heterocycles. The highest BCUT2D eigenvalue weighted by atomic mass is 79.9. The molecule has 0 aromatic carbocycles. The number of rotatable bonds is 1. The Bertz CT molecular complexity index is 38.5. The van der Waals surface area contributed by atoms with Crippen molar-refractivity contribution < 1.29 is 5.11 Å². The molecule has 1 radical (unpaired) electrons. The highest BCUT2D eigenvalue weighted by molar-refractivity contribution is 9.26. The zero-order valence-corrected chi connectivity index (χ0v) is 7.51. The van der Waals surface area contributed by atoms with Gasteiger partial charge in [0.05, 0.1) is 5.33 Å². The lowest BCUT2D eigenvalue weighted by molar-refractivity contribution is 0.169. The fourth-order valence-corrected chi connectivity index (χ4v) is 0. The summed E-state index contributed by atoms with van der Waals surface area (Å²) in [4.78, 5) is 0. The molecule has 0 aliphatic heterocycles. The summed E-state index contributed by atoms with van der Waals surface area (Å²) < 4.78 is -1.17. The number of halogens is 3. The Morgan fingerprint density at radius 3 is 1.67 bits per heavy atom. The second kappa shape index (κ2) is 2.64. The molecule has 6 heavy (non-hydrogen) atoms. The van der Waals surface area contributed by atoms with Crippen molar-refractivity contribution in [1.29, 1.82) is 0 Å². The molecular formula is C2H2Br3O. The van der Waals surface area contributed by atoms with Gasteiger partial charge in [-0.2, -0.15) is 0 Å². The van der Waals surface area contributed by atoms with Gasteiger partial charge in [-0.1, -0.05) is 15.9 Å². The molecular weight excluding hydrogens is 280 g/mol. The maximum absolute atomic E-state index is 10.3. The van der Waals surface area contributed by atoms with Crippen LogP contribution in [0.4, 0.5) is 0 Å². The number of hydrogen-bond donors (Lipinski definition) is 0. The summed E-state index contributed by atoms with van der Waals surface area (Å²) >= 11 is 8.55. The van der Waals surface area contributed by atoms with Crippen molar-refractivity contribution in [3.05, 3.63) is 0 Å². The normalized spacial score (nSPS) is 12.0. The molecule has 0 saturated carbocycles. The lowest BCUT2D eigenvalue weighted by atomic mass is 10.9. The molecule has 0 atom stereocenters. The maximum atomic E-state index is 10.3. The van der Waals surface area contributed by atoms with E-state index in [1.165, 1.54) is 0 Å². The van der Waals surface area contributed by atoms with Gasteiger partial charge in [-0.3, -0.25) is 0 Å². The Morgan fingerprint density at radius 2 is 1.67 bits per heavy atom. The molecule has 0 aromatic heterocycles. The van der Waals surface area contributed by atoms with Gasteiger partial charge in [-0.05, 0) is 31.9 Å². The van der Waals surface area contributed by atoms with Crippen LogP contribution in [0.15, 0.2) is 0 Å². The van der Waals surface area contributed by atoms with E-state index in [1.807, 2.05) is 0 Å². The third-order valence-corrected chi connectivity index (χ3v) is 3.01. The number of hydrogen-bond acceptors (Lipinski definition) is 0. The second-order valence-corrected chi connectivity index (χ2v) is 4.96. The fourth-order valence-electron chi connectivity index (χ4n) is 0. The van der Waals surface area contributed by atoms with Crippen molar-refractivity contribution in [2.45, 2.75) is 3.42 Å². The molecule has 4 heteroatoms. The standard InChI is InChI=1S/C2H2Br3O/c3-1-2(4,5)6/h1H2. The smallest absolute Gasteiger partial charge is 0.203 e. The molecule has 0 saturated heterocycles. The van der Waals surface area contributed by atoms with Crippen LogP contribution in [0.5, 0.6) is 0 Å². The first-order valence-corrected chi connectivity index (χ1v) is 3.91. The monoisotopic (exact) mass is 279 g/mol. The molecule has 0 rings (SSSR count). The Morgan fingerprint density at radius 1 is 1.50 bits per heavy atom. The van der Waals surface area contributed by atoms with Crippen molar-refractivity contribution in [2.75, 3.05) is 5.33 Å². The van der Waals surface area contributed by atoms with Crippen molar-refractivity contribution >= 4 is 47.8 Å². The van der Waals surface area contributed by atoms with E-state index in [0.29, 0.717) is 5.33 Å². The minimum absolute atomic E-state index is 0.361. The zero-order chi connectivity index (χ0) is 5.21. The van der Waals surface area contributed by atoms with E-state index >= 15 is 0 Å². The van der Waals surface area contributed by atoms with E-state index in [2.05, 4.69) is 47.8 Å². The van der Waals surface area contributed by atoms with Crippen LogP contribution in [0, 0.1) is 0 Å². The van der Waals surface area contributed by atoms with Gasteiger partial charge in [0.2, 0.25) is 3.42 Å². The average molecular weight is 282 g/mol. The van der Waals surface area contributed by atoms with Crippen molar-refractivity contribution in [3.8, 4) is 0 Å². The summed E-state index contributed by atoms with van der Waals surface area (Å²) in [6.07, 6.45) is 0. The Kier molecular flexibility index (Phi) is 3.26. The van der Waals surface area contributed by atoms with Gasteiger partial charge in [-0.25, -0.2) is 5.11 Å². The first-order chi connectivity index (χ1) is 2.56. The molecule has 0 amide bonds. The highest BCUT2D eigenvalue weighted by Gasteiger charge is 2.16. The third kappa shape index (κ3) is 5.40. The molecule has 0 bridgehead atoms. The maximum Gasteiger partial charge on any atom is 0.221 e. The van der Waals surface area contributed by atoms with Gasteiger partial charge in [0.15, 0.2) is 0 Å². The second-order valence-electron chi connectivity index (χ2n) is 0.771. The summed E-state index contributed by atoms with van der Waals surface area (Å²) in [5.74, 6) is 0. The van der Waals surface area contributed by atoms with Crippen molar-refractivity contribution in [2.24, 2.45) is 0 Å². The van der Waals surface area contributed by atoms with Crippen LogP contribution in [0.3, 0.4) is 0 Å². The minimum Gasteiger partial charge on any atom is -0.203 e. The SMILES string of the molecule is [O]C(Br)(Br)CBr. The molecule has 0 aliphatic rings. The van der Waals surface area contributed by atoms with Gasteiger partial charge in [0.1, 0.15) is 0 Å². The van der Waals surface area contributed by atoms with Gasteiger partial charge >= 0.3 is 0 Å². The van der Waals surface area contributed by atoms with Crippen LogP contribution in [-0.2, 0) is 5.11 Å². The number of alkyl halides is 3. The quantitative estimate of drug-likeness (QED) is 0.657. The first kappa shape index (κ1) is 7.40. The van der Waals surface area contributed by atoms with Crippen LogP contribution in [0.1, 0.15) is 0 Å². The minimum atomic E-state index is -1.17. The van der Waals surface area contributed by atoms with E-state index < -0.39 is 3.42 Å². The lowest BCUT2D eigenvalue weighted by Gasteiger charge is -2.00. The van der Waals surface area contributed by atoms with E-state index in [1.54, 1.807) is 0 Å². The summed E-state index contributed by atoms with van der Waals surface area (Å²) in [5.41, 5.74) is 0. The Balaban J connectivity index is 3.17. The summed E-state index contributed by atoms with van der Waals surface area (Å²) in [6.45, 7) is 0. The Labute approximate surface area is 61.5 Å². The molecule has 1 nitrogen and oxygen atoms in total. The van der Waals surface area contributed by atoms with Crippen LogP contribution in [-0.4, -0.2) is 8.75 Å². The molecule has 0 spiro atoms. The molecule has 0 N–H and O–H groups in total. The molecule has 0 unspecified atom stereocenters. The van der Waals surface area contributed by atoms with Gasteiger partial charge in [-0.15, -0.1) is 0 Å². The van der Waals surface area contributed by atoms with E-state index in [9.17, 15) is 5.11 Å². The summed E-state index contributed by atoms with van der Waals surface area (Å²) in [5, 5.41) is 10.6. The molecule has 37 valence electrons. The predicted octanol–water partition coefficient (Wildman–Crippen LogP) is 2.26. The Hall–Kier alpha value is 1.40. The van der Waals surface area contributed by atoms with E-state index in [-0.39, 0.29) is 0 Å².